The molecule has 2 aromatic carbocycles. The van der Waals surface area contributed by atoms with Gasteiger partial charge in [-0.15, -0.1) is 0 Å². The molecule has 0 aromatic heterocycles. The highest BCUT2D eigenvalue weighted by atomic mass is 19.1. The molecular formula is C16H17F2NO. The molecule has 2 aromatic rings. The van der Waals surface area contributed by atoms with Crippen molar-refractivity contribution in [3.8, 4) is 5.75 Å². The second-order valence-electron chi connectivity index (χ2n) is 4.87. The summed E-state index contributed by atoms with van der Waals surface area (Å²) in [5.74, 6) is -2.81. The van der Waals surface area contributed by atoms with Gasteiger partial charge in [0.15, 0.2) is 17.4 Å². The van der Waals surface area contributed by atoms with Gasteiger partial charge in [-0.05, 0) is 42.7 Å². The van der Waals surface area contributed by atoms with Crippen molar-refractivity contribution < 1.29 is 13.9 Å². The second kappa shape index (κ2) is 6.01. The summed E-state index contributed by atoms with van der Waals surface area (Å²) in [4.78, 5) is 0. The van der Waals surface area contributed by atoms with Crippen molar-refractivity contribution in [3.05, 3.63) is 64.7 Å². The molecule has 0 bridgehead atoms. The van der Waals surface area contributed by atoms with Crippen molar-refractivity contribution in [2.24, 2.45) is 0 Å². The van der Waals surface area contributed by atoms with Crippen LogP contribution in [0, 0.1) is 18.6 Å². The molecule has 4 heteroatoms. The molecule has 0 heterocycles. The van der Waals surface area contributed by atoms with Gasteiger partial charge in [-0.2, -0.15) is 0 Å². The van der Waals surface area contributed by atoms with Crippen LogP contribution in [-0.4, -0.2) is 5.11 Å². The molecule has 0 fully saturated rings. The molecule has 0 saturated carbocycles. The van der Waals surface area contributed by atoms with Crippen molar-refractivity contribution in [1.29, 1.82) is 0 Å². The van der Waals surface area contributed by atoms with Crippen LogP contribution in [0.3, 0.4) is 0 Å². The maximum absolute atomic E-state index is 13.2. The van der Waals surface area contributed by atoms with Gasteiger partial charge in [0.05, 0.1) is 0 Å². The third-order valence-electron chi connectivity index (χ3n) is 3.34. The summed E-state index contributed by atoms with van der Waals surface area (Å²) in [5.41, 5.74) is 2.76. The smallest absolute Gasteiger partial charge is 0.187 e. The minimum Gasteiger partial charge on any atom is -0.503 e. The van der Waals surface area contributed by atoms with Crippen molar-refractivity contribution >= 4 is 0 Å². The minimum atomic E-state index is -0.939. The van der Waals surface area contributed by atoms with Crippen molar-refractivity contribution in [3.63, 3.8) is 0 Å². The van der Waals surface area contributed by atoms with Crippen LogP contribution in [0.25, 0.3) is 0 Å². The van der Waals surface area contributed by atoms with Gasteiger partial charge in [0.2, 0.25) is 0 Å². The van der Waals surface area contributed by atoms with E-state index in [1.54, 1.807) is 0 Å². The van der Waals surface area contributed by atoms with Gasteiger partial charge in [0, 0.05) is 12.6 Å². The fraction of sp³-hybridized carbons (Fsp3) is 0.250. The van der Waals surface area contributed by atoms with E-state index in [4.69, 9.17) is 5.11 Å². The van der Waals surface area contributed by atoms with Gasteiger partial charge in [-0.3, -0.25) is 0 Å². The molecule has 0 unspecified atom stereocenters. The highest BCUT2D eigenvalue weighted by molar-refractivity contribution is 5.31. The molecular weight excluding hydrogens is 260 g/mol. The van der Waals surface area contributed by atoms with E-state index in [2.05, 4.69) is 5.32 Å². The Balaban J connectivity index is 2.07. The van der Waals surface area contributed by atoms with E-state index in [1.807, 2.05) is 38.1 Å². The van der Waals surface area contributed by atoms with Crippen LogP contribution in [0.15, 0.2) is 36.4 Å². The Kier molecular flexibility index (Phi) is 4.35. The second-order valence-corrected chi connectivity index (χ2v) is 4.87. The van der Waals surface area contributed by atoms with E-state index in [9.17, 15) is 8.78 Å². The molecule has 2 nitrogen and oxygen atoms in total. The average molecular weight is 277 g/mol. The minimum absolute atomic E-state index is 0.0659. The molecule has 106 valence electrons. The maximum Gasteiger partial charge on any atom is 0.187 e. The Bertz CT molecular complexity index is 590. The molecule has 0 spiro atoms. The van der Waals surface area contributed by atoms with Crippen LogP contribution < -0.4 is 5.32 Å². The largest absolute Gasteiger partial charge is 0.503 e. The Hall–Kier alpha value is -1.94. The monoisotopic (exact) mass is 277 g/mol. The van der Waals surface area contributed by atoms with Gasteiger partial charge in [-0.25, -0.2) is 8.78 Å². The van der Waals surface area contributed by atoms with Gasteiger partial charge in [-0.1, -0.05) is 24.3 Å². The normalized spacial score (nSPS) is 12.4. The van der Waals surface area contributed by atoms with Crippen LogP contribution in [0.1, 0.15) is 29.7 Å². The van der Waals surface area contributed by atoms with Crippen molar-refractivity contribution in [2.75, 3.05) is 0 Å². The molecule has 0 aliphatic rings. The number of benzene rings is 2. The highest BCUT2D eigenvalue weighted by Gasteiger charge is 2.11. The summed E-state index contributed by atoms with van der Waals surface area (Å²) in [6.07, 6.45) is 0. The van der Waals surface area contributed by atoms with Gasteiger partial charge in [0.25, 0.3) is 0 Å². The summed E-state index contributed by atoms with van der Waals surface area (Å²) in [6.45, 7) is 4.34. The molecule has 2 rings (SSSR count). The summed E-state index contributed by atoms with van der Waals surface area (Å²) in [7, 11) is 0. The van der Waals surface area contributed by atoms with E-state index in [0.29, 0.717) is 12.1 Å². The van der Waals surface area contributed by atoms with E-state index in [-0.39, 0.29) is 6.04 Å². The molecule has 0 aliphatic heterocycles. The quantitative estimate of drug-likeness (QED) is 0.890. The number of hydrogen-bond donors (Lipinski definition) is 2. The first kappa shape index (κ1) is 14.5. The summed E-state index contributed by atoms with van der Waals surface area (Å²) in [6, 6.07) is 10.3. The standard InChI is InChI=1S/C16H17F2NO/c1-10-5-3-4-6-13(10)11(2)19-9-12-7-14(17)16(20)15(18)8-12/h3-8,11,19-20H,9H2,1-2H3/t11-/m1/s1. The zero-order valence-corrected chi connectivity index (χ0v) is 11.5. The number of phenolic OH excluding ortho intramolecular Hbond substituents is 1. The van der Waals surface area contributed by atoms with E-state index in [0.717, 1.165) is 23.3 Å². The molecule has 0 saturated heterocycles. The van der Waals surface area contributed by atoms with Gasteiger partial charge in [0.1, 0.15) is 0 Å². The molecule has 0 radical (unpaired) electrons. The predicted octanol–water partition coefficient (Wildman–Crippen LogP) is 3.83. The van der Waals surface area contributed by atoms with Crippen LogP contribution in [0.5, 0.6) is 5.75 Å². The Morgan fingerprint density at radius 1 is 1.15 bits per heavy atom. The first-order valence-corrected chi connectivity index (χ1v) is 6.45. The first-order chi connectivity index (χ1) is 9.49. The van der Waals surface area contributed by atoms with E-state index >= 15 is 0 Å². The third-order valence-corrected chi connectivity index (χ3v) is 3.34. The highest BCUT2D eigenvalue weighted by Crippen LogP contribution is 2.22. The summed E-state index contributed by atoms with van der Waals surface area (Å²) in [5, 5.41) is 12.3. The Morgan fingerprint density at radius 3 is 2.35 bits per heavy atom. The zero-order valence-electron chi connectivity index (χ0n) is 11.5. The predicted molar refractivity (Wildman–Crippen MR) is 74.5 cm³/mol. The van der Waals surface area contributed by atoms with Gasteiger partial charge >= 0.3 is 0 Å². The van der Waals surface area contributed by atoms with Crippen LogP contribution in [0.2, 0.25) is 0 Å². The van der Waals surface area contributed by atoms with Crippen LogP contribution >= 0.6 is 0 Å². The van der Waals surface area contributed by atoms with E-state index in [1.165, 1.54) is 0 Å². The Morgan fingerprint density at radius 2 is 1.75 bits per heavy atom. The lowest BCUT2D eigenvalue weighted by Crippen LogP contribution is -2.19. The Labute approximate surface area is 117 Å². The van der Waals surface area contributed by atoms with Crippen LogP contribution in [0.4, 0.5) is 8.78 Å². The van der Waals surface area contributed by atoms with Crippen LogP contribution in [-0.2, 0) is 6.54 Å². The fourth-order valence-corrected chi connectivity index (χ4v) is 2.17. The number of hydrogen-bond acceptors (Lipinski definition) is 2. The maximum atomic E-state index is 13.2. The SMILES string of the molecule is Cc1ccccc1[C@@H](C)NCc1cc(F)c(O)c(F)c1. The lowest BCUT2D eigenvalue weighted by atomic mass is 10.0. The molecule has 0 amide bonds. The average Bonchev–Trinajstić information content (AvgIpc) is 2.42. The van der Waals surface area contributed by atoms with Gasteiger partial charge < -0.3 is 10.4 Å². The van der Waals surface area contributed by atoms with Crippen molar-refractivity contribution in [2.45, 2.75) is 26.4 Å². The molecule has 1 atom stereocenters. The lowest BCUT2D eigenvalue weighted by molar-refractivity contribution is 0.394. The third kappa shape index (κ3) is 3.14. The number of aromatic hydroxyl groups is 1. The first-order valence-electron chi connectivity index (χ1n) is 6.45. The zero-order chi connectivity index (χ0) is 14.7. The molecule has 2 N–H and O–H groups in total. The molecule has 20 heavy (non-hydrogen) atoms. The number of aryl methyl sites for hydroxylation is 1. The number of rotatable bonds is 4. The lowest BCUT2D eigenvalue weighted by Gasteiger charge is -2.16. The number of nitrogens with one attached hydrogen (secondary N) is 1. The number of halogens is 2. The topological polar surface area (TPSA) is 32.3 Å². The number of phenols is 1. The summed E-state index contributed by atoms with van der Waals surface area (Å²) >= 11 is 0. The summed E-state index contributed by atoms with van der Waals surface area (Å²) < 4.78 is 26.5. The fourth-order valence-electron chi connectivity index (χ4n) is 2.17. The van der Waals surface area contributed by atoms with E-state index < -0.39 is 17.4 Å². The molecule has 0 aliphatic carbocycles. The van der Waals surface area contributed by atoms with Crippen molar-refractivity contribution in [1.82, 2.24) is 5.32 Å².